The summed E-state index contributed by atoms with van der Waals surface area (Å²) in [6, 6.07) is 62.6. The van der Waals surface area contributed by atoms with Crippen molar-refractivity contribution >= 4 is 56.3 Å². The first kappa shape index (κ1) is 30.4. The second-order valence-electron chi connectivity index (χ2n) is 12.3. The minimum atomic E-state index is -3.01. The fourth-order valence-electron chi connectivity index (χ4n) is 7.44. The Bertz CT molecular complexity index is 2580. The first-order chi connectivity index (χ1) is 24.6. The van der Waals surface area contributed by atoms with Gasteiger partial charge in [-0.05, 0) is 80.4 Å². The molecule has 50 heavy (non-hydrogen) atoms. The fourth-order valence-corrected chi connectivity index (χ4v) is 12.4. The van der Waals surface area contributed by atoms with E-state index >= 15 is 0 Å². The molecule has 0 N–H and O–H groups in total. The van der Waals surface area contributed by atoms with E-state index in [9.17, 15) is 10.5 Å². The Morgan fingerprint density at radius 2 is 1.12 bits per heavy atom. The summed E-state index contributed by atoms with van der Waals surface area (Å²) in [6.07, 6.45) is 0. The Kier molecular flexibility index (Phi) is 7.63. The summed E-state index contributed by atoms with van der Waals surface area (Å²) in [5, 5.41) is 26.9. The van der Waals surface area contributed by atoms with Gasteiger partial charge < -0.3 is 4.57 Å². The highest BCUT2D eigenvalue weighted by molar-refractivity contribution is 7.20. The van der Waals surface area contributed by atoms with E-state index in [0.29, 0.717) is 16.8 Å². The summed E-state index contributed by atoms with van der Waals surface area (Å²) in [5.74, 6) is 0. The van der Waals surface area contributed by atoms with Crippen LogP contribution in [0.5, 0.6) is 0 Å². The SMILES string of the molecule is [C-]#[N+]c1cc(-c2ccc(C#N)c([Si](c3ccccc3)(c3ccccc3)c3ccccc3)c2)cc(-n2c3ccccc3c3cc(C#N)ccc32)c1. The van der Waals surface area contributed by atoms with Gasteiger partial charge in [-0.25, -0.2) is 4.85 Å². The molecule has 0 bridgehead atoms. The molecular weight excluding hydrogens is 625 g/mol. The third kappa shape index (κ3) is 4.88. The van der Waals surface area contributed by atoms with E-state index in [0.717, 1.165) is 43.8 Å². The maximum absolute atomic E-state index is 10.7. The largest absolute Gasteiger partial charge is 0.310 e. The van der Waals surface area contributed by atoms with E-state index in [1.54, 1.807) is 0 Å². The highest BCUT2D eigenvalue weighted by Gasteiger charge is 2.43. The lowest BCUT2D eigenvalue weighted by Crippen LogP contribution is -2.75. The Morgan fingerprint density at radius 1 is 0.520 bits per heavy atom. The molecule has 5 heteroatoms. The number of nitriles is 2. The first-order valence-corrected chi connectivity index (χ1v) is 18.3. The normalized spacial score (nSPS) is 11.1. The zero-order chi connectivity index (χ0) is 34.1. The molecular formula is C45H28N4Si. The summed E-state index contributed by atoms with van der Waals surface area (Å²) in [7, 11) is -3.01. The third-order valence-corrected chi connectivity index (χ3v) is 14.4. The maximum atomic E-state index is 10.7. The van der Waals surface area contributed by atoms with Gasteiger partial charge in [0.1, 0.15) is 0 Å². The van der Waals surface area contributed by atoms with Gasteiger partial charge in [-0.2, -0.15) is 10.5 Å². The van der Waals surface area contributed by atoms with Gasteiger partial charge in [0.05, 0.1) is 40.9 Å². The molecule has 0 atom stereocenters. The summed E-state index contributed by atoms with van der Waals surface area (Å²) in [5.41, 5.74) is 6.37. The predicted molar refractivity (Wildman–Crippen MR) is 206 cm³/mol. The van der Waals surface area contributed by atoms with Crippen LogP contribution in [0.3, 0.4) is 0 Å². The van der Waals surface area contributed by atoms with Crippen LogP contribution in [0.1, 0.15) is 11.1 Å². The molecule has 0 amide bonds. The molecule has 232 valence electrons. The minimum Gasteiger partial charge on any atom is -0.310 e. The molecule has 0 aliphatic rings. The van der Waals surface area contributed by atoms with Gasteiger partial charge in [-0.15, -0.1) is 0 Å². The Hall–Kier alpha value is -6.97. The van der Waals surface area contributed by atoms with Crippen LogP contribution in [-0.4, -0.2) is 12.6 Å². The van der Waals surface area contributed by atoms with Crippen LogP contribution in [0.25, 0.3) is 43.5 Å². The van der Waals surface area contributed by atoms with Crippen molar-refractivity contribution in [3.05, 3.63) is 192 Å². The van der Waals surface area contributed by atoms with Crippen LogP contribution < -0.4 is 20.7 Å². The maximum Gasteiger partial charge on any atom is 0.189 e. The Labute approximate surface area is 291 Å². The molecule has 0 saturated heterocycles. The van der Waals surface area contributed by atoms with Crippen molar-refractivity contribution < 1.29 is 0 Å². The number of aromatic nitrogens is 1. The highest BCUT2D eigenvalue weighted by atomic mass is 28.3. The molecule has 1 aromatic heterocycles. The van der Waals surface area contributed by atoms with Crippen molar-refractivity contribution in [1.82, 2.24) is 4.57 Å². The number of hydrogen-bond acceptors (Lipinski definition) is 2. The zero-order valence-electron chi connectivity index (χ0n) is 27.0. The molecule has 1 heterocycles. The lowest BCUT2D eigenvalue weighted by Gasteiger charge is -2.35. The second kappa shape index (κ2) is 12.6. The summed E-state index contributed by atoms with van der Waals surface area (Å²) < 4.78 is 2.17. The number of nitrogens with zero attached hydrogens (tertiary/aromatic N) is 4. The quantitative estimate of drug-likeness (QED) is 0.104. The number of fused-ring (bicyclic) bond motifs is 3. The molecule has 0 aliphatic heterocycles. The van der Waals surface area contributed by atoms with Crippen LogP contribution >= 0.6 is 0 Å². The van der Waals surface area contributed by atoms with E-state index in [2.05, 4.69) is 119 Å². The van der Waals surface area contributed by atoms with Gasteiger partial charge in [-0.1, -0.05) is 121 Å². The van der Waals surface area contributed by atoms with Gasteiger partial charge in [0, 0.05) is 16.5 Å². The van der Waals surface area contributed by atoms with Crippen LogP contribution in [0.4, 0.5) is 5.69 Å². The molecule has 4 nitrogen and oxygen atoms in total. The fraction of sp³-hybridized carbons (Fsp3) is 0. The van der Waals surface area contributed by atoms with Crippen molar-refractivity contribution in [3.8, 4) is 29.0 Å². The van der Waals surface area contributed by atoms with E-state index < -0.39 is 8.07 Å². The zero-order valence-corrected chi connectivity index (χ0v) is 28.0. The van der Waals surface area contributed by atoms with Crippen molar-refractivity contribution in [2.75, 3.05) is 0 Å². The minimum absolute atomic E-state index is 0.515. The van der Waals surface area contributed by atoms with Crippen LogP contribution in [0.15, 0.2) is 170 Å². The average molecular weight is 653 g/mol. The van der Waals surface area contributed by atoms with Crippen LogP contribution in [0.2, 0.25) is 0 Å². The van der Waals surface area contributed by atoms with Gasteiger partial charge in [0.15, 0.2) is 13.8 Å². The van der Waals surface area contributed by atoms with Gasteiger partial charge in [0.25, 0.3) is 0 Å². The molecule has 8 rings (SSSR count). The summed E-state index contributed by atoms with van der Waals surface area (Å²) >= 11 is 0. The van der Waals surface area contributed by atoms with Gasteiger partial charge in [-0.3, -0.25) is 0 Å². The molecule has 0 radical (unpaired) electrons. The highest BCUT2D eigenvalue weighted by Crippen LogP contribution is 2.36. The van der Waals surface area contributed by atoms with Crippen LogP contribution in [-0.2, 0) is 0 Å². The molecule has 0 fully saturated rings. The molecule has 0 unspecified atom stereocenters. The number of hydrogen-bond donors (Lipinski definition) is 0. The standard InChI is InChI=1S/C45H28N4Si/c1-48-36-26-35(27-37(29-36)49-43-20-12-11-19-41(43)42-25-32(30-46)21-24-44(42)49)33-22-23-34(31-47)45(28-33)50(38-13-5-2-6-14-38,39-15-7-3-8-16-39)40-17-9-4-10-18-40/h2-29H. The Balaban J connectivity index is 1.42. The van der Waals surface area contributed by atoms with E-state index in [1.165, 1.54) is 15.6 Å². The molecule has 0 aliphatic carbocycles. The average Bonchev–Trinajstić information content (AvgIpc) is 3.53. The van der Waals surface area contributed by atoms with E-state index in [-0.39, 0.29) is 0 Å². The van der Waals surface area contributed by atoms with Crippen molar-refractivity contribution in [3.63, 3.8) is 0 Å². The smallest absolute Gasteiger partial charge is 0.189 e. The number of para-hydroxylation sites is 1. The third-order valence-electron chi connectivity index (χ3n) is 9.59. The van der Waals surface area contributed by atoms with Crippen LogP contribution in [0, 0.1) is 29.2 Å². The molecule has 8 aromatic rings. The lowest BCUT2D eigenvalue weighted by molar-refractivity contribution is 1.18. The number of benzene rings is 7. The summed E-state index contributed by atoms with van der Waals surface area (Å²) in [6.45, 7) is 8.09. The van der Waals surface area contributed by atoms with E-state index in [1.807, 2.05) is 72.8 Å². The molecule has 0 spiro atoms. The van der Waals surface area contributed by atoms with Gasteiger partial charge >= 0.3 is 0 Å². The van der Waals surface area contributed by atoms with Gasteiger partial charge in [0.2, 0.25) is 0 Å². The van der Waals surface area contributed by atoms with E-state index in [4.69, 9.17) is 6.57 Å². The van der Waals surface area contributed by atoms with Crippen molar-refractivity contribution in [1.29, 1.82) is 10.5 Å². The summed E-state index contributed by atoms with van der Waals surface area (Å²) in [4.78, 5) is 3.91. The van der Waals surface area contributed by atoms with Crippen molar-refractivity contribution in [2.45, 2.75) is 0 Å². The lowest BCUT2D eigenvalue weighted by atomic mass is 10.0. The second-order valence-corrected chi connectivity index (χ2v) is 16.0. The molecule has 0 saturated carbocycles. The predicted octanol–water partition coefficient (Wildman–Crippen LogP) is 8.12. The molecule has 7 aromatic carbocycles. The monoisotopic (exact) mass is 652 g/mol. The van der Waals surface area contributed by atoms with Crippen molar-refractivity contribution in [2.24, 2.45) is 0 Å². The topological polar surface area (TPSA) is 56.9 Å². The number of rotatable bonds is 6. The Morgan fingerprint density at radius 3 is 1.72 bits per heavy atom. The first-order valence-electron chi connectivity index (χ1n) is 16.3.